The van der Waals surface area contributed by atoms with E-state index in [1.165, 1.54) is 18.2 Å². The van der Waals surface area contributed by atoms with Crippen LogP contribution in [0.4, 0.5) is 5.69 Å². The van der Waals surface area contributed by atoms with Crippen molar-refractivity contribution in [2.75, 3.05) is 12.3 Å². The molecular formula is C12H17ClN2O3S. The van der Waals surface area contributed by atoms with Gasteiger partial charge in [-0.15, -0.1) is 0 Å². The average molecular weight is 305 g/mol. The summed E-state index contributed by atoms with van der Waals surface area (Å²) in [6.45, 7) is 2.57. The molecule has 2 rings (SSSR count). The van der Waals surface area contributed by atoms with Crippen LogP contribution >= 0.6 is 11.6 Å². The Balaban J connectivity index is 2.03. The van der Waals surface area contributed by atoms with Crippen LogP contribution in [-0.4, -0.2) is 27.2 Å². The lowest BCUT2D eigenvalue weighted by atomic mass is 9.90. The average Bonchev–Trinajstić information content (AvgIpc) is 2.25. The van der Waals surface area contributed by atoms with Gasteiger partial charge in [0.15, 0.2) is 0 Å². The Morgan fingerprint density at radius 1 is 1.47 bits per heavy atom. The SMILES string of the molecule is CCOC1CC(NS(=O)(=O)c2ccc(N)cc2Cl)C1. The monoisotopic (exact) mass is 304 g/mol. The molecule has 0 radical (unpaired) electrons. The summed E-state index contributed by atoms with van der Waals surface area (Å²) >= 11 is 5.91. The minimum atomic E-state index is -3.60. The minimum Gasteiger partial charge on any atom is -0.399 e. The van der Waals surface area contributed by atoms with Crippen molar-refractivity contribution in [2.24, 2.45) is 0 Å². The number of sulfonamides is 1. The van der Waals surface area contributed by atoms with Gasteiger partial charge in [-0.1, -0.05) is 11.6 Å². The number of nitrogens with one attached hydrogen (secondary N) is 1. The standard InChI is InChI=1S/C12H17ClN2O3S/c1-2-18-10-6-9(7-10)15-19(16,17)12-4-3-8(14)5-11(12)13/h3-5,9-10,15H,2,6-7,14H2,1H3. The Kier molecular flexibility index (Phi) is 4.35. The third kappa shape index (κ3) is 3.39. The largest absolute Gasteiger partial charge is 0.399 e. The fraction of sp³-hybridized carbons (Fsp3) is 0.500. The van der Waals surface area contributed by atoms with Crippen LogP contribution in [0.2, 0.25) is 5.02 Å². The third-order valence-corrected chi connectivity index (χ3v) is 5.07. The number of hydrogen-bond donors (Lipinski definition) is 2. The topological polar surface area (TPSA) is 81.4 Å². The lowest BCUT2D eigenvalue weighted by Gasteiger charge is -2.35. The van der Waals surface area contributed by atoms with E-state index in [1.54, 1.807) is 0 Å². The van der Waals surface area contributed by atoms with Crippen LogP contribution in [0.15, 0.2) is 23.1 Å². The normalized spacial score (nSPS) is 23.1. The molecule has 7 heteroatoms. The van der Waals surface area contributed by atoms with Gasteiger partial charge in [0.1, 0.15) is 4.90 Å². The van der Waals surface area contributed by atoms with Crippen LogP contribution in [-0.2, 0) is 14.8 Å². The lowest BCUT2D eigenvalue weighted by Crippen LogP contribution is -2.47. The molecule has 1 fully saturated rings. The van der Waals surface area contributed by atoms with Gasteiger partial charge in [0.2, 0.25) is 10.0 Å². The maximum absolute atomic E-state index is 12.2. The van der Waals surface area contributed by atoms with Crippen LogP contribution < -0.4 is 10.5 Å². The summed E-state index contributed by atoms with van der Waals surface area (Å²) in [4.78, 5) is 0.0585. The zero-order valence-corrected chi connectivity index (χ0v) is 12.2. The first-order valence-corrected chi connectivity index (χ1v) is 7.97. The summed E-state index contributed by atoms with van der Waals surface area (Å²) in [5, 5.41) is 0.133. The van der Waals surface area contributed by atoms with Crippen LogP contribution in [0, 0.1) is 0 Å². The van der Waals surface area contributed by atoms with E-state index in [4.69, 9.17) is 22.1 Å². The molecule has 1 aromatic rings. The van der Waals surface area contributed by atoms with Crippen LogP contribution in [0.5, 0.6) is 0 Å². The maximum Gasteiger partial charge on any atom is 0.242 e. The van der Waals surface area contributed by atoms with Gasteiger partial charge >= 0.3 is 0 Å². The second-order valence-corrected chi connectivity index (χ2v) is 6.65. The van der Waals surface area contributed by atoms with Crippen LogP contribution in [0.1, 0.15) is 19.8 Å². The number of benzene rings is 1. The quantitative estimate of drug-likeness (QED) is 0.812. The molecule has 1 aliphatic carbocycles. The molecule has 0 amide bonds. The second kappa shape index (κ2) is 5.66. The zero-order valence-electron chi connectivity index (χ0n) is 10.6. The van der Waals surface area contributed by atoms with Crippen molar-refractivity contribution in [1.29, 1.82) is 0 Å². The number of nitrogens with two attached hydrogens (primary N) is 1. The first kappa shape index (κ1) is 14.6. The number of anilines is 1. The molecule has 106 valence electrons. The van der Waals surface area contributed by atoms with E-state index in [1.807, 2.05) is 6.92 Å². The Hall–Kier alpha value is -0.820. The number of rotatable bonds is 5. The number of halogens is 1. The predicted octanol–water partition coefficient (Wildman–Crippen LogP) is 1.77. The summed E-state index contributed by atoms with van der Waals surface area (Å²) < 4.78 is 32.3. The van der Waals surface area contributed by atoms with Gasteiger partial charge in [-0.25, -0.2) is 13.1 Å². The Labute approximate surface area is 118 Å². The van der Waals surface area contributed by atoms with E-state index in [9.17, 15) is 8.42 Å². The number of hydrogen-bond acceptors (Lipinski definition) is 4. The predicted molar refractivity (Wildman–Crippen MR) is 74.6 cm³/mol. The third-order valence-electron chi connectivity index (χ3n) is 3.06. The van der Waals surface area contributed by atoms with E-state index in [-0.39, 0.29) is 22.1 Å². The molecule has 0 unspecified atom stereocenters. The highest BCUT2D eigenvalue weighted by Gasteiger charge is 2.33. The van der Waals surface area contributed by atoms with Crippen molar-refractivity contribution >= 4 is 27.3 Å². The van der Waals surface area contributed by atoms with E-state index in [0.29, 0.717) is 25.1 Å². The number of nitrogen functional groups attached to an aromatic ring is 1. The van der Waals surface area contributed by atoms with Gasteiger partial charge in [0.25, 0.3) is 0 Å². The Morgan fingerprint density at radius 2 is 2.16 bits per heavy atom. The molecule has 0 saturated heterocycles. The van der Waals surface area contributed by atoms with Crippen LogP contribution in [0.25, 0.3) is 0 Å². The molecule has 0 aromatic heterocycles. The molecule has 0 aliphatic heterocycles. The molecule has 0 atom stereocenters. The maximum atomic E-state index is 12.2. The Morgan fingerprint density at radius 3 is 2.74 bits per heavy atom. The Bertz CT molecular complexity index is 556. The van der Waals surface area contributed by atoms with Crippen molar-refractivity contribution in [3.05, 3.63) is 23.2 Å². The molecule has 1 aliphatic rings. The van der Waals surface area contributed by atoms with Gasteiger partial charge in [-0.05, 0) is 38.0 Å². The molecule has 19 heavy (non-hydrogen) atoms. The molecule has 3 N–H and O–H groups in total. The minimum absolute atomic E-state index is 0.0585. The summed E-state index contributed by atoms with van der Waals surface area (Å²) in [6, 6.07) is 4.28. The highest BCUT2D eigenvalue weighted by molar-refractivity contribution is 7.89. The summed E-state index contributed by atoms with van der Waals surface area (Å²) in [7, 11) is -3.60. The fourth-order valence-electron chi connectivity index (χ4n) is 2.05. The first-order valence-electron chi connectivity index (χ1n) is 6.11. The fourth-order valence-corrected chi connectivity index (χ4v) is 3.87. The van der Waals surface area contributed by atoms with E-state index >= 15 is 0 Å². The summed E-state index contributed by atoms with van der Waals surface area (Å²) in [5.41, 5.74) is 5.98. The zero-order chi connectivity index (χ0) is 14.0. The van der Waals surface area contributed by atoms with Crippen LogP contribution in [0.3, 0.4) is 0 Å². The molecular weight excluding hydrogens is 288 g/mol. The van der Waals surface area contributed by atoms with Gasteiger partial charge < -0.3 is 10.5 Å². The van der Waals surface area contributed by atoms with Gasteiger partial charge in [0, 0.05) is 18.3 Å². The van der Waals surface area contributed by atoms with E-state index in [0.717, 1.165) is 0 Å². The second-order valence-electron chi connectivity index (χ2n) is 4.56. The molecule has 5 nitrogen and oxygen atoms in total. The van der Waals surface area contributed by atoms with Gasteiger partial charge in [0.05, 0.1) is 11.1 Å². The van der Waals surface area contributed by atoms with Crippen molar-refractivity contribution in [1.82, 2.24) is 4.72 Å². The van der Waals surface area contributed by atoms with Gasteiger partial charge in [-0.2, -0.15) is 0 Å². The van der Waals surface area contributed by atoms with Crippen molar-refractivity contribution in [2.45, 2.75) is 36.8 Å². The van der Waals surface area contributed by atoms with Crippen molar-refractivity contribution in [3.63, 3.8) is 0 Å². The summed E-state index contributed by atoms with van der Waals surface area (Å²) in [5.74, 6) is 0. The molecule has 0 spiro atoms. The van der Waals surface area contributed by atoms with Gasteiger partial charge in [-0.3, -0.25) is 0 Å². The lowest BCUT2D eigenvalue weighted by molar-refractivity contribution is -0.00475. The smallest absolute Gasteiger partial charge is 0.242 e. The molecule has 1 aromatic carbocycles. The van der Waals surface area contributed by atoms with E-state index in [2.05, 4.69) is 4.72 Å². The molecule has 1 saturated carbocycles. The van der Waals surface area contributed by atoms with Crippen molar-refractivity contribution < 1.29 is 13.2 Å². The highest BCUT2D eigenvalue weighted by atomic mass is 35.5. The first-order chi connectivity index (χ1) is 8.92. The number of ether oxygens (including phenoxy) is 1. The summed E-state index contributed by atoms with van der Waals surface area (Å²) in [6.07, 6.45) is 1.54. The van der Waals surface area contributed by atoms with Crippen molar-refractivity contribution in [3.8, 4) is 0 Å². The highest BCUT2D eigenvalue weighted by Crippen LogP contribution is 2.28. The molecule has 0 heterocycles. The van der Waals surface area contributed by atoms with E-state index < -0.39 is 10.0 Å². The molecule has 0 bridgehead atoms.